The average molecular weight is 434 g/mol. The van der Waals surface area contributed by atoms with Crippen LogP contribution in [0, 0.1) is 0 Å². The summed E-state index contributed by atoms with van der Waals surface area (Å²) in [6.45, 7) is 14.8. The third-order valence-electron chi connectivity index (χ3n) is 4.60. The Hall–Kier alpha value is -2.25. The molecule has 0 aromatic heterocycles. The molecule has 1 N–H and O–H groups in total. The lowest BCUT2D eigenvalue weighted by molar-refractivity contribution is -0.140. The Morgan fingerprint density at radius 1 is 1.30 bits per heavy atom. The van der Waals surface area contributed by atoms with Crippen LogP contribution in [0.15, 0.2) is 35.8 Å². The highest BCUT2D eigenvalue weighted by atomic mass is 32.2. The highest BCUT2D eigenvalue weighted by Crippen LogP contribution is 2.34. The number of nitrogens with zero attached hydrogens (tertiary/aromatic N) is 1. The van der Waals surface area contributed by atoms with Crippen LogP contribution in [0.3, 0.4) is 0 Å². The van der Waals surface area contributed by atoms with Crippen LogP contribution >= 0.6 is 11.8 Å². The molecule has 1 aliphatic heterocycles. The Bertz CT molecular complexity index is 840. The largest absolute Gasteiger partial charge is 0.488 e. The van der Waals surface area contributed by atoms with E-state index in [2.05, 4.69) is 6.58 Å². The van der Waals surface area contributed by atoms with E-state index in [0.29, 0.717) is 30.8 Å². The second-order valence-electron chi connectivity index (χ2n) is 8.25. The molecule has 1 aromatic carbocycles. The molecular formula is C23H31NO5S. The second kappa shape index (κ2) is 10.2. The summed E-state index contributed by atoms with van der Waals surface area (Å²) in [5.41, 5.74) is 0.484. The molecule has 0 radical (unpaired) electrons. The average Bonchev–Trinajstić information content (AvgIpc) is 3.13. The zero-order chi connectivity index (χ0) is 22.5. The first-order chi connectivity index (χ1) is 14.0. The summed E-state index contributed by atoms with van der Waals surface area (Å²) < 4.78 is 11.6. The number of allylic oxidation sites excluding steroid dienone is 2. The maximum atomic E-state index is 12.4. The molecule has 1 heterocycles. The van der Waals surface area contributed by atoms with Crippen molar-refractivity contribution >= 4 is 28.5 Å². The fraction of sp³-hybridized carbons (Fsp3) is 0.478. The first-order valence-electron chi connectivity index (χ1n) is 9.95. The van der Waals surface area contributed by atoms with Crippen molar-refractivity contribution in [3.63, 3.8) is 0 Å². The van der Waals surface area contributed by atoms with Crippen LogP contribution in [0.2, 0.25) is 0 Å². The number of carboxylic acids is 1. The molecule has 0 saturated carbocycles. The number of ether oxygens (including phenoxy) is 2. The summed E-state index contributed by atoms with van der Waals surface area (Å²) in [6.07, 6.45) is 2.46. The smallest absolute Gasteiger partial charge is 0.335 e. The maximum absolute atomic E-state index is 12.4. The number of amides is 1. The van der Waals surface area contributed by atoms with Crippen LogP contribution in [0.25, 0.3) is 4.91 Å². The van der Waals surface area contributed by atoms with Crippen LogP contribution in [0.5, 0.6) is 5.75 Å². The molecule has 164 valence electrons. The predicted octanol–water partition coefficient (Wildman–Crippen LogP) is 4.81. The molecule has 30 heavy (non-hydrogen) atoms. The van der Waals surface area contributed by atoms with Crippen molar-refractivity contribution in [1.82, 2.24) is 4.90 Å². The van der Waals surface area contributed by atoms with Crippen LogP contribution in [-0.2, 0) is 9.53 Å². The molecule has 0 aliphatic carbocycles. The van der Waals surface area contributed by atoms with Gasteiger partial charge in [0.1, 0.15) is 18.5 Å². The molecule has 1 unspecified atom stereocenters. The molecule has 7 heteroatoms. The predicted molar refractivity (Wildman–Crippen MR) is 121 cm³/mol. The molecule has 1 amide bonds. The maximum Gasteiger partial charge on any atom is 0.335 e. The Balaban J connectivity index is 2.08. The van der Waals surface area contributed by atoms with Gasteiger partial charge in [0, 0.05) is 17.9 Å². The van der Waals surface area contributed by atoms with Gasteiger partial charge in [-0.05, 0) is 63.3 Å². The number of thioether (sulfide) groups is 1. The zero-order valence-corrected chi connectivity index (χ0v) is 19.2. The number of rotatable bonds is 8. The van der Waals surface area contributed by atoms with Gasteiger partial charge in [0.15, 0.2) is 0 Å². The van der Waals surface area contributed by atoms with Crippen molar-refractivity contribution < 1.29 is 24.2 Å². The summed E-state index contributed by atoms with van der Waals surface area (Å²) in [4.78, 5) is 27.5. The van der Waals surface area contributed by atoms with E-state index in [1.165, 1.54) is 17.8 Å². The lowest BCUT2D eigenvalue weighted by Crippen LogP contribution is -2.36. The highest BCUT2D eigenvalue weighted by Gasteiger charge is 2.28. The number of benzene rings is 1. The number of likely N-dealkylation sites (tertiary alicyclic amines) is 1. The van der Waals surface area contributed by atoms with E-state index in [9.17, 15) is 14.7 Å². The third-order valence-corrected chi connectivity index (χ3v) is 5.64. The Labute approximate surface area is 182 Å². The van der Waals surface area contributed by atoms with Gasteiger partial charge in [0.2, 0.25) is 5.91 Å². The van der Waals surface area contributed by atoms with Crippen LogP contribution in [0.4, 0.5) is 0 Å². The highest BCUT2D eigenvalue weighted by molar-refractivity contribution is 8.11. The van der Waals surface area contributed by atoms with Crippen molar-refractivity contribution in [1.29, 1.82) is 0 Å². The summed E-state index contributed by atoms with van der Waals surface area (Å²) in [7, 11) is 0. The number of carbonyl (C=O) groups excluding carboxylic acids is 1. The van der Waals surface area contributed by atoms with Gasteiger partial charge >= 0.3 is 5.97 Å². The van der Waals surface area contributed by atoms with E-state index in [1.807, 2.05) is 40.7 Å². The molecule has 1 saturated heterocycles. The first kappa shape index (κ1) is 24.0. The standard InChI is InChI=1S/C23H31NO5S/c1-7-15(2)30-16(3)17-10-18(22(26)27)12-20(11-17)29-19-8-9-24(13-19)21(25)14-28-23(4,5)6/h7,10-12,19H,3,8-9,13-14H2,1-2,4-6H3,(H,26,27)/b15-7-. The summed E-state index contributed by atoms with van der Waals surface area (Å²) in [5.74, 6) is -0.623. The van der Waals surface area contributed by atoms with E-state index in [4.69, 9.17) is 9.47 Å². The van der Waals surface area contributed by atoms with E-state index in [-0.39, 0.29) is 29.8 Å². The molecule has 1 atom stereocenters. The molecular weight excluding hydrogens is 402 g/mol. The number of aromatic carboxylic acids is 1. The molecule has 1 aromatic rings. The quantitative estimate of drug-likeness (QED) is 0.634. The Morgan fingerprint density at radius 3 is 2.57 bits per heavy atom. The summed E-state index contributed by atoms with van der Waals surface area (Å²) in [6, 6.07) is 4.92. The minimum absolute atomic E-state index is 0.0379. The Morgan fingerprint density at radius 2 is 1.97 bits per heavy atom. The molecule has 2 rings (SSSR count). The molecule has 1 fully saturated rings. The van der Waals surface area contributed by atoms with Gasteiger partial charge in [-0.3, -0.25) is 4.79 Å². The minimum atomic E-state index is -1.02. The zero-order valence-electron chi connectivity index (χ0n) is 18.4. The van der Waals surface area contributed by atoms with Crippen molar-refractivity contribution in [2.24, 2.45) is 0 Å². The van der Waals surface area contributed by atoms with E-state index < -0.39 is 5.97 Å². The van der Waals surface area contributed by atoms with Gasteiger partial charge in [0.25, 0.3) is 0 Å². The summed E-state index contributed by atoms with van der Waals surface area (Å²) in [5, 5.41) is 9.47. The SMILES string of the molecule is C=C(S/C(C)=C\C)c1cc(OC2CCN(C(=O)COC(C)(C)C)C2)cc(C(=O)O)c1. The number of hydrogen-bond acceptors (Lipinski definition) is 5. The van der Waals surface area contributed by atoms with E-state index in [0.717, 1.165) is 9.81 Å². The lowest BCUT2D eigenvalue weighted by atomic mass is 10.1. The lowest BCUT2D eigenvalue weighted by Gasteiger charge is -2.22. The van der Waals surface area contributed by atoms with E-state index >= 15 is 0 Å². The van der Waals surface area contributed by atoms with Crippen LogP contribution in [0.1, 0.15) is 57.0 Å². The number of carbonyl (C=O) groups is 2. The van der Waals surface area contributed by atoms with Crippen molar-refractivity contribution in [3.8, 4) is 5.75 Å². The second-order valence-corrected chi connectivity index (χ2v) is 9.59. The van der Waals surface area contributed by atoms with Gasteiger partial charge in [0.05, 0.1) is 17.7 Å². The van der Waals surface area contributed by atoms with Gasteiger partial charge in [-0.15, -0.1) is 0 Å². The van der Waals surface area contributed by atoms with E-state index in [1.54, 1.807) is 17.0 Å². The molecule has 1 aliphatic rings. The third kappa shape index (κ3) is 7.22. The Kier molecular flexibility index (Phi) is 8.15. The van der Waals surface area contributed by atoms with Gasteiger partial charge in [-0.2, -0.15) is 0 Å². The summed E-state index contributed by atoms with van der Waals surface area (Å²) >= 11 is 1.49. The number of carboxylic acid groups (broad SMARTS) is 1. The van der Waals surface area contributed by atoms with Gasteiger partial charge in [-0.1, -0.05) is 24.4 Å². The normalized spacial score (nSPS) is 17.2. The van der Waals surface area contributed by atoms with Gasteiger partial charge in [-0.25, -0.2) is 4.79 Å². The van der Waals surface area contributed by atoms with Crippen LogP contribution < -0.4 is 4.74 Å². The minimum Gasteiger partial charge on any atom is -0.488 e. The fourth-order valence-electron chi connectivity index (χ4n) is 2.88. The molecule has 0 spiro atoms. The fourth-order valence-corrected chi connectivity index (χ4v) is 3.62. The van der Waals surface area contributed by atoms with Gasteiger partial charge < -0.3 is 19.5 Å². The topological polar surface area (TPSA) is 76.1 Å². The van der Waals surface area contributed by atoms with Crippen molar-refractivity contribution in [3.05, 3.63) is 46.9 Å². The monoisotopic (exact) mass is 433 g/mol. The van der Waals surface area contributed by atoms with Crippen LogP contribution in [-0.4, -0.2) is 53.3 Å². The molecule has 0 bridgehead atoms. The first-order valence-corrected chi connectivity index (χ1v) is 10.8. The number of hydrogen-bond donors (Lipinski definition) is 1. The van der Waals surface area contributed by atoms with Crippen molar-refractivity contribution in [2.75, 3.05) is 19.7 Å². The van der Waals surface area contributed by atoms with Crippen molar-refractivity contribution in [2.45, 2.75) is 52.7 Å². The molecule has 6 nitrogen and oxygen atoms in total.